The van der Waals surface area contributed by atoms with Crippen molar-refractivity contribution in [2.75, 3.05) is 0 Å². The number of hydrogen-bond donors (Lipinski definition) is 0. The highest BCUT2D eigenvalue weighted by molar-refractivity contribution is 8.30. The number of carbonyl (C=O) groups excluding carboxylic acids is 1. The average molecular weight is 449 g/mol. The van der Waals surface area contributed by atoms with Crippen LogP contribution in [0.4, 0.5) is 0 Å². The second-order valence-electron chi connectivity index (χ2n) is 7.81. The predicted octanol–water partition coefficient (Wildman–Crippen LogP) is 8.27. The SMILES string of the molecule is CC(=O)OS(c1ccccc1)(c1ccccc1)c1ccc(-c2cccc3ccccc23)cc1. The summed E-state index contributed by atoms with van der Waals surface area (Å²) in [5.41, 5.74) is 2.32. The smallest absolute Gasteiger partial charge is 0.313 e. The number of benzene rings is 5. The van der Waals surface area contributed by atoms with Gasteiger partial charge in [0.1, 0.15) is 0 Å². The lowest BCUT2D eigenvalue weighted by molar-refractivity contribution is -0.131. The lowest BCUT2D eigenvalue weighted by atomic mass is 9.98. The summed E-state index contributed by atoms with van der Waals surface area (Å²) in [5, 5.41) is 2.44. The van der Waals surface area contributed by atoms with E-state index in [0.717, 1.165) is 20.2 Å². The van der Waals surface area contributed by atoms with E-state index in [2.05, 4.69) is 66.7 Å². The van der Waals surface area contributed by atoms with Gasteiger partial charge in [-0.05, 0) is 68.6 Å². The van der Waals surface area contributed by atoms with Gasteiger partial charge in [-0.3, -0.25) is 4.79 Å². The zero-order valence-corrected chi connectivity index (χ0v) is 19.2. The zero-order valence-electron chi connectivity index (χ0n) is 18.3. The van der Waals surface area contributed by atoms with Gasteiger partial charge in [0, 0.05) is 21.6 Å². The summed E-state index contributed by atoms with van der Waals surface area (Å²) in [7, 11) is -2.22. The van der Waals surface area contributed by atoms with Crippen LogP contribution in [-0.4, -0.2) is 5.97 Å². The van der Waals surface area contributed by atoms with Crippen LogP contribution >= 0.6 is 10.3 Å². The molecule has 0 atom stereocenters. The molecule has 162 valence electrons. The van der Waals surface area contributed by atoms with Crippen molar-refractivity contribution >= 4 is 27.1 Å². The predicted molar refractivity (Wildman–Crippen MR) is 136 cm³/mol. The van der Waals surface area contributed by atoms with Crippen LogP contribution in [0.2, 0.25) is 0 Å². The van der Waals surface area contributed by atoms with Crippen LogP contribution < -0.4 is 0 Å². The molecule has 0 N–H and O–H groups in total. The summed E-state index contributed by atoms with van der Waals surface area (Å²) >= 11 is 0. The first-order valence-corrected chi connectivity index (χ1v) is 12.5. The van der Waals surface area contributed by atoms with Crippen LogP contribution in [0.1, 0.15) is 6.92 Å². The second-order valence-corrected chi connectivity index (χ2v) is 10.5. The Bertz CT molecular complexity index is 1350. The Morgan fingerprint density at radius 1 is 0.576 bits per heavy atom. The maximum Gasteiger partial charge on any atom is 0.313 e. The second kappa shape index (κ2) is 8.97. The number of rotatable bonds is 5. The highest BCUT2D eigenvalue weighted by Crippen LogP contribution is 2.69. The lowest BCUT2D eigenvalue weighted by Crippen LogP contribution is -2.11. The number of carbonyl (C=O) groups is 1. The van der Waals surface area contributed by atoms with E-state index in [-0.39, 0.29) is 5.97 Å². The van der Waals surface area contributed by atoms with Crippen molar-refractivity contribution in [3.63, 3.8) is 0 Å². The van der Waals surface area contributed by atoms with E-state index in [1.54, 1.807) is 0 Å². The molecule has 0 unspecified atom stereocenters. The number of fused-ring (bicyclic) bond motifs is 1. The monoisotopic (exact) mass is 448 g/mol. The zero-order chi connectivity index (χ0) is 22.7. The van der Waals surface area contributed by atoms with E-state index in [1.807, 2.05) is 60.7 Å². The molecule has 0 aromatic heterocycles. The minimum atomic E-state index is -2.22. The maximum absolute atomic E-state index is 12.4. The van der Waals surface area contributed by atoms with Gasteiger partial charge in [-0.2, -0.15) is 0 Å². The molecule has 33 heavy (non-hydrogen) atoms. The molecule has 0 heterocycles. The van der Waals surface area contributed by atoms with E-state index in [4.69, 9.17) is 4.18 Å². The highest BCUT2D eigenvalue weighted by atomic mass is 32.3. The Labute approximate surface area is 196 Å². The summed E-state index contributed by atoms with van der Waals surface area (Å²) in [5.74, 6) is -0.296. The molecule has 0 radical (unpaired) electrons. The van der Waals surface area contributed by atoms with E-state index < -0.39 is 10.3 Å². The maximum atomic E-state index is 12.4. The largest absolute Gasteiger partial charge is 0.402 e. The van der Waals surface area contributed by atoms with Crippen LogP contribution in [0, 0.1) is 0 Å². The quantitative estimate of drug-likeness (QED) is 0.270. The molecule has 0 fully saturated rings. The van der Waals surface area contributed by atoms with Gasteiger partial charge >= 0.3 is 5.97 Å². The van der Waals surface area contributed by atoms with Crippen LogP contribution in [0.3, 0.4) is 0 Å². The summed E-state index contributed by atoms with van der Waals surface area (Å²) in [6, 6.07) is 43.4. The summed E-state index contributed by atoms with van der Waals surface area (Å²) in [6.07, 6.45) is 0. The molecule has 0 saturated carbocycles. The Balaban J connectivity index is 1.70. The molecule has 0 saturated heterocycles. The topological polar surface area (TPSA) is 26.3 Å². The van der Waals surface area contributed by atoms with Gasteiger partial charge < -0.3 is 4.18 Å². The first-order chi connectivity index (χ1) is 16.2. The van der Waals surface area contributed by atoms with Gasteiger partial charge in [0.15, 0.2) is 0 Å². The van der Waals surface area contributed by atoms with Gasteiger partial charge in [0.2, 0.25) is 0 Å². The van der Waals surface area contributed by atoms with Crippen LogP contribution in [0.15, 0.2) is 142 Å². The van der Waals surface area contributed by atoms with E-state index in [1.165, 1.54) is 23.3 Å². The van der Waals surface area contributed by atoms with Crippen molar-refractivity contribution in [3.05, 3.63) is 127 Å². The van der Waals surface area contributed by atoms with Crippen LogP contribution in [-0.2, 0) is 8.98 Å². The van der Waals surface area contributed by atoms with Crippen LogP contribution in [0.5, 0.6) is 0 Å². The third kappa shape index (κ3) is 3.92. The normalized spacial score (nSPS) is 11.8. The lowest BCUT2D eigenvalue weighted by Gasteiger charge is -2.39. The van der Waals surface area contributed by atoms with Crippen molar-refractivity contribution < 1.29 is 8.98 Å². The molecule has 0 amide bonds. The molecule has 0 bridgehead atoms. The molecule has 5 aromatic rings. The summed E-state index contributed by atoms with van der Waals surface area (Å²) < 4.78 is 6.26. The third-order valence-electron chi connectivity index (χ3n) is 5.68. The Kier molecular flexibility index (Phi) is 5.72. The standard InChI is InChI=1S/C30H24O2S/c1-23(31)32-33(26-13-4-2-5-14-26,27-15-6-3-7-16-27)28-21-19-25(20-22-28)30-18-10-12-24-11-8-9-17-29(24)30/h2-22H,1H3. The number of hydrogen-bond acceptors (Lipinski definition) is 2. The van der Waals surface area contributed by atoms with Crippen molar-refractivity contribution in [1.29, 1.82) is 0 Å². The van der Waals surface area contributed by atoms with Crippen molar-refractivity contribution in [2.45, 2.75) is 21.6 Å². The minimum Gasteiger partial charge on any atom is -0.402 e. The van der Waals surface area contributed by atoms with Crippen molar-refractivity contribution in [3.8, 4) is 11.1 Å². The first-order valence-electron chi connectivity index (χ1n) is 10.9. The third-order valence-corrected chi connectivity index (χ3v) is 8.97. The molecule has 0 aliphatic heterocycles. The molecule has 5 aromatic carbocycles. The Hall–Kier alpha value is -3.82. The van der Waals surface area contributed by atoms with Gasteiger partial charge in [-0.1, -0.05) is 91.0 Å². The van der Waals surface area contributed by atoms with Crippen LogP contribution in [0.25, 0.3) is 21.9 Å². The van der Waals surface area contributed by atoms with E-state index >= 15 is 0 Å². The van der Waals surface area contributed by atoms with Crippen molar-refractivity contribution in [2.24, 2.45) is 0 Å². The Morgan fingerprint density at radius 2 is 1.09 bits per heavy atom. The Morgan fingerprint density at radius 3 is 1.70 bits per heavy atom. The van der Waals surface area contributed by atoms with Gasteiger partial charge in [0.05, 0.1) is 0 Å². The highest BCUT2D eigenvalue weighted by Gasteiger charge is 2.34. The van der Waals surface area contributed by atoms with Gasteiger partial charge in [-0.15, -0.1) is 0 Å². The molecule has 0 spiro atoms. The fraction of sp³-hybridized carbons (Fsp3) is 0.0333. The molecular formula is C30H24O2S. The fourth-order valence-electron chi connectivity index (χ4n) is 4.26. The molecule has 0 aliphatic carbocycles. The summed E-state index contributed by atoms with van der Waals surface area (Å²) in [4.78, 5) is 15.4. The van der Waals surface area contributed by atoms with Gasteiger partial charge in [-0.25, -0.2) is 0 Å². The minimum absolute atomic E-state index is 0.296. The molecular weight excluding hydrogens is 424 g/mol. The fourth-order valence-corrected chi connectivity index (χ4v) is 7.31. The molecule has 5 rings (SSSR count). The van der Waals surface area contributed by atoms with E-state index in [9.17, 15) is 4.79 Å². The molecule has 3 heteroatoms. The average Bonchev–Trinajstić information content (AvgIpc) is 2.88. The van der Waals surface area contributed by atoms with Crippen molar-refractivity contribution in [1.82, 2.24) is 0 Å². The molecule has 0 aliphatic rings. The molecule has 2 nitrogen and oxygen atoms in total. The van der Waals surface area contributed by atoms with E-state index in [0.29, 0.717) is 0 Å². The summed E-state index contributed by atoms with van der Waals surface area (Å²) in [6.45, 7) is 1.48. The first kappa shape index (κ1) is 21.0. The van der Waals surface area contributed by atoms with Gasteiger partial charge in [0.25, 0.3) is 0 Å².